The van der Waals surface area contributed by atoms with E-state index in [4.69, 9.17) is 37.9 Å². The first kappa shape index (κ1) is 45.5. The predicted octanol–water partition coefficient (Wildman–Crippen LogP) is 8.15. The van der Waals surface area contributed by atoms with Crippen molar-refractivity contribution in [2.75, 3.05) is 39.6 Å². The van der Waals surface area contributed by atoms with E-state index in [0.29, 0.717) is 111 Å². The Hall–Kier alpha value is -7.22. The summed E-state index contributed by atoms with van der Waals surface area (Å²) in [7, 11) is 0. The zero-order valence-corrected chi connectivity index (χ0v) is 33.7. The first-order chi connectivity index (χ1) is 29.2. The van der Waals surface area contributed by atoms with E-state index in [1.807, 2.05) is 13.8 Å². The number of benzene rings is 4. The molecule has 0 aromatic heterocycles. The largest absolute Gasteiger partial charge is 0.494 e. The minimum Gasteiger partial charge on any atom is -0.494 e. The summed E-state index contributed by atoms with van der Waals surface area (Å²) in [5, 5.41) is 8.31. The third-order valence-electron chi connectivity index (χ3n) is 8.04. The van der Waals surface area contributed by atoms with Crippen LogP contribution in [0.15, 0.2) is 120 Å². The van der Waals surface area contributed by atoms with Crippen LogP contribution in [-0.2, 0) is 19.1 Å². The minimum atomic E-state index is -0.569. The summed E-state index contributed by atoms with van der Waals surface area (Å²) in [5.41, 5.74) is 1.95. The van der Waals surface area contributed by atoms with Crippen molar-refractivity contribution in [2.24, 2.45) is 10.2 Å². The Morgan fingerprint density at radius 2 is 0.883 bits per heavy atom. The van der Waals surface area contributed by atoms with Gasteiger partial charge in [-0.25, -0.2) is 19.2 Å². The van der Waals surface area contributed by atoms with Gasteiger partial charge in [-0.1, -0.05) is 13.2 Å². The monoisotopic (exact) mass is 820 g/mol. The van der Waals surface area contributed by atoms with Gasteiger partial charge in [-0.15, -0.1) is 0 Å². The Morgan fingerprint density at radius 3 is 1.25 bits per heavy atom. The fraction of sp³-hybridized carbons (Fsp3) is 0.261. The highest BCUT2D eigenvalue weighted by molar-refractivity contribution is 5.93. The van der Waals surface area contributed by atoms with Crippen LogP contribution in [0.1, 0.15) is 71.4 Å². The number of unbranched alkanes of at least 4 members (excludes halogenated alkanes) is 2. The first-order valence-corrected chi connectivity index (χ1v) is 19.3. The van der Waals surface area contributed by atoms with E-state index < -0.39 is 23.9 Å². The highest BCUT2D eigenvalue weighted by Gasteiger charge is 2.15. The van der Waals surface area contributed by atoms with Crippen molar-refractivity contribution < 1.29 is 57.1 Å². The molecule has 0 radical (unpaired) electrons. The summed E-state index contributed by atoms with van der Waals surface area (Å²) in [6.45, 7) is 12.4. The van der Waals surface area contributed by atoms with Gasteiger partial charge in [0.15, 0.2) is 23.0 Å². The van der Waals surface area contributed by atoms with Crippen molar-refractivity contribution in [1.29, 1.82) is 0 Å². The Kier molecular flexibility index (Phi) is 19.1. The zero-order chi connectivity index (χ0) is 43.0. The standard InChI is InChI=1S/C46H48N2O12/c1-5-43(49)57-27-11-9-25-55-37-19-15-35(16-20-37)45(51)59-39-23-13-33(29-41(39)53-7-3)31-47-48-32-34-14-24-40(42(30-34)54-8-4)60-46(52)36-17-21-38(22-18-36)56-26-10-12-28-58-44(50)6-2/h5-6,13-24,29-32H,1-2,7-12,25-28H2,3-4H3. The van der Waals surface area contributed by atoms with Gasteiger partial charge in [0, 0.05) is 12.2 Å². The average Bonchev–Trinajstić information content (AvgIpc) is 3.26. The van der Waals surface area contributed by atoms with Crippen molar-refractivity contribution >= 4 is 36.3 Å². The molecule has 0 bridgehead atoms. The molecule has 4 rings (SSSR count). The van der Waals surface area contributed by atoms with Crippen LogP contribution in [-0.4, -0.2) is 75.9 Å². The molecule has 314 valence electrons. The van der Waals surface area contributed by atoms with Crippen LogP contribution in [0.5, 0.6) is 34.5 Å². The number of hydrogen-bond acceptors (Lipinski definition) is 14. The quantitative estimate of drug-likeness (QED) is 0.0157. The van der Waals surface area contributed by atoms with Crippen LogP contribution in [0.2, 0.25) is 0 Å². The second-order valence-electron chi connectivity index (χ2n) is 12.4. The molecule has 0 heterocycles. The van der Waals surface area contributed by atoms with E-state index in [1.54, 1.807) is 84.9 Å². The van der Waals surface area contributed by atoms with Gasteiger partial charge in [0.1, 0.15) is 11.5 Å². The van der Waals surface area contributed by atoms with Crippen molar-refractivity contribution in [3.8, 4) is 34.5 Å². The normalized spacial score (nSPS) is 10.8. The van der Waals surface area contributed by atoms with Crippen LogP contribution < -0.4 is 28.4 Å². The molecular weight excluding hydrogens is 773 g/mol. The Morgan fingerprint density at radius 1 is 0.500 bits per heavy atom. The van der Waals surface area contributed by atoms with E-state index in [9.17, 15) is 19.2 Å². The van der Waals surface area contributed by atoms with Crippen molar-refractivity contribution in [3.05, 3.63) is 132 Å². The molecule has 0 N–H and O–H groups in total. The van der Waals surface area contributed by atoms with Crippen molar-refractivity contribution in [2.45, 2.75) is 39.5 Å². The molecule has 0 aliphatic rings. The number of rotatable bonds is 25. The van der Waals surface area contributed by atoms with Crippen LogP contribution in [0.25, 0.3) is 0 Å². The lowest BCUT2D eigenvalue weighted by molar-refractivity contribution is -0.138. The third-order valence-corrected chi connectivity index (χ3v) is 8.04. The molecule has 0 aliphatic heterocycles. The van der Waals surface area contributed by atoms with Gasteiger partial charge in [-0.05, 0) is 136 Å². The molecule has 60 heavy (non-hydrogen) atoms. The maximum Gasteiger partial charge on any atom is 0.343 e. The van der Waals surface area contributed by atoms with Gasteiger partial charge in [-0.2, -0.15) is 10.2 Å². The molecule has 0 unspecified atom stereocenters. The molecule has 0 saturated carbocycles. The molecule has 14 heteroatoms. The molecule has 4 aromatic carbocycles. The Bertz CT molecular complexity index is 1960. The number of hydrogen-bond donors (Lipinski definition) is 0. The highest BCUT2D eigenvalue weighted by atomic mass is 16.6. The SMILES string of the molecule is C=CC(=O)OCCCCOc1ccc(C(=O)Oc2ccc(C=NN=Cc3ccc(OC(=O)c4ccc(OCCCCOC(=O)C=C)cc4)c(OCC)c3)cc2OCC)cc1. The number of carbonyl (C=O) groups is 4. The maximum absolute atomic E-state index is 12.9. The van der Waals surface area contributed by atoms with Gasteiger partial charge < -0.3 is 37.9 Å². The zero-order valence-electron chi connectivity index (χ0n) is 33.7. The van der Waals surface area contributed by atoms with E-state index in [2.05, 4.69) is 23.4 Å². The summed E-state index contributed by atoms with van der Waals surface area (Å²) >= 11 is 0. The van der Waals surface area contributed by atoms with Gasteiger partial charge >= 0.3 is 23.9 Å². The predicted molar refractivity (Wildman–Crippen MR) is 225 cm³/mol. The van der Waals surface area contributed by atoms with E-state index in [0.717, 1.165) is 12.2 Å². The summed E-state index contributed by atoms with van der Waals surface area (Å²) in [4.78, 5) is 48.1. The van der Waals surface area contributed by atoms with Crippen LogP contribution in [0, 0.1) is 0 Å². The number of ether oxygens (including phenoxy) is 8. The van der Waals surface area contributed by atoms with Crippen molar-refractivity contribution in [3.63, 3.8) is 0 Å². The van der Waals surface area contributed by atoms with E-state index in [1.165, 1.54) is 12.4 Å². The highest BCUT2D eigenvalue weighted by Crippen LogP contribution is 2.30. The fourth-order valence-electron chi connectivity index (χ4n) is 5.06. The second-order valence-corrected chi connectivity index (χ2v) is 12.4. The summed E-state index contributed by atoms with van der Waals surface area (Å²) in [5.74, 6) is 0.315. The lowest BCUT2D eigenvalue weighted by atomic mass is 10.2. The van der Waals surface area contributed by atoms with Crippen LogP contribution in [0.3, 0.4) is 0 Å². The Labute approximate surface area is 349 Å². The molecule has 0 saturated heterocycles. The molecule has 4 aromatic rings. The summed E-state index contributed by atoms with van der Waals surface area (Å²) in [6, 6.07) is 23.2. The van der Waals surface area contributed by atoms with Crippen LogP contribution in [0.4, 0.5) is 0 Å². The number of nitrogens with zero attached hydrogens (tertiary/aromatic N) is 2. The second kappa shape index (κ2) is 25.2. The van der Waals surface area contributed by atoms with Gasteiger partial charge in [-0.3, -0.25) is 0 Å². The lowest BCUT2D eigenvalue weighted by Gasteiger charge is -2.12. The van der Waals surface area contributed by atoms with Gasteiger partial charge in [0.2, 0.25) is 0 Å². The van der Waals surface area contributed by atoms with Crippen molar-refractivity contribution in [1.82, 2.24) is 0 Å². The molecular formula is C46H48N2O12. The molecule has 0 fully saturated rings. The minimum absolute atomic E-state index is 0.240. The summed E-state index contributed by atoms with van der Waals surface area (Å²) in [6.07, 6.45) is 7.96. The molecule has 0 atom stereocenters. The summed E-state index contributed by atoms with van der Waals surface area (Å²) < 4.78 is 44.1. The molecule has 0 aliphatic carbocycles. The van der Waals surface area contributed by atoms with Crippen LogP contribution >= 0.6 is 0 Å². The third kappa shape index (κ3) is 15.6. The topological polar surface area (TPSA) is 167 Å². The average molecular weight is 821 g/mol. The van der Waals surface area contributed by atoms with E-state index >= 15 is 0 Å². The first-order valence-electron chi connectivity index (χ1n) is 19.3. The fourth-order valence-corrected chi connectivity index (χ4v) is 5.06. The molecule has 14 nitrogen and oxygen atoms in total. The van der Waals surface area contributed by atoms with Gasteiger partial charge in [0.25, 0.3) is 0 Å². The smallest absolute Gasteiger partial charge is 0.343 e. The lowest BCUT2D eigenvalue weighted by Crippen LogP contribution is -2.10. The maximum atomic E-state index is 12.9. The van der Waals surface area contributed by atoms with Gasteiger partial charge in [0.05, 0.1) is 63.2 Å². The Balaban J connectivity index is 1.28. The number of esters is 4. The number of carbonyl (C=O) groups excluding carboxylic acids is 4. The molecule has 0 spiro atoms. The molecule has 0 amide bonds. The van der Waals surface area contributed by atoms with E-state index in [-0.39, 0.29) is 11.5 Å².